The predicted molar refractivity (Wildman–Crippen MR) is 80.7 cm³/mol. The molecule has 0 bridgehead atoms. The quantitative estimate of drug-likeness (QED) is 0.849. The minimum Gasteiger partial charge on any atom is -0.354 e. The summed E-state index contributed by atoms with van der Waals surface area (Å²) in [6, 6.07) is 8.34. The Morgan fingerprint density at radius 1 is 1.33 bits per heavy atom. The Hall–Kier alpha value is -1.40. The number of fused-ring (bicyclic) bond motifs is 1. The molecule has 1 aromatic rings. The Bertz CT molecular complexity index is 642. The molecule has 1 fully saturated rings. The predicted octanol–water partition coefficient (Wildman–Crippen LogP) is 0.424. The van der Waals surface area contributed by atoms with Crippen LogP contribution in [0.3, 0.4) is 0 Å². The van der Waals surface area contributed by atoms with Gasteiger partial charge in [0.15, 0.2) is 9.84 Å². The third kappa shape index (κ3) is 3.27. The lowest BCUT2D eigenvalue weighted by molar-refractivity contribution is -0.124. The van der Waals surface area contributed by atoms with E-state index in [1.807, 2.05) is 12.1 Å². The van der Waals surface area contributed by atoms with Crippen LogP contribution in [0.25, 0.3) is 0 Å². The van der Waals surface area contributed by atoms with Crippen LogP contribution < -0.4 is 10.6 Å². The maximum Gasteiger partial charge on any atom is 0.224 e. The lowest BCUT2D eigenvalue weighted by Crippen LogP contribution is -2.41. The molecular weight excluding hydrogens is 288 g/mol. The van der Waals surface area contributed by atoms with Gasteiger partial charge in [0, 0.05) is 12.6 Å². The van der Waals surface area contributed by atoms with Crippen molar-refractivity contribution in [3.63, 3.8) is 0 Å². The van der Waals surface area contributed by atoms with E-state index in [-0.39, 0.29) is 29.4 Å². The molecule has 21 heavy (non-hydrogen) atoms. The summed E-state index contributed by atoms with van der Waals surface area (Å²) in [5.74, 6) is -0.391. The molecular formula is C15H20N2O3S. The molecule has 2 unspecified atom stereocenters. The molecule has 0 radical (unpaired) electrons. The van der Waals surface area contributed by atoms with Crippen LogP contribution in [-0.2, 0) is 21.1 Å². The third-order valence-electron chi connectivity index (χ3n) is 4.30. The monoisotopic (exact) mass is 308 g/mol. The Morgan fingerprint density at radius 3 is 2.90 bits per heavy atom. The van der Waals surface area contributed by atoms with Crippen molar-refractivity contribution in [2.45, 2.75) is 18.9 Å². The molecule has 2 aliphatic rings. The summed E-state index contributed by atoms with van der Waals surface area (Å²) in [6.07, 6.45) is 1.45. The van der Waals surface area contributed by atoms with Crippen LogP contribution >= 0.6 is 0 Å². The molecule has 6 heteroatoms. The normalized spacial score (nSPS) is 27.0. The van der Waals surface area contributed by atoms with Gasteiger partial charge in [-0.15, -0.1) is 0 Å². The minimum absolute atomic E-state index is 0.00643. The maximum absolute atomic E-state index is 12.1. The average Bonchev–Trinajstić information content (AvgIpc) is 2.85. The number of rotatable bonds is 3. The van der Waals surface area contributed by atoms with Crippen molar-refractivity contribution in [3.8, 4) is 0 Å². The SMILES string of the molecule is O=C(NCC1NCCc2ccccc21)C1CCS(=O)(=O)C1. The van der Waals surface area contributed by atoms with Crippen LogP contribution in [0.1, 0.15) is 23.6 Å². The largest absolute Gasteiger partial charge is 0.354 e. The number of sulfone groups is 1. The van der Waals surface area contributed by atoms with Crippen molar-refractivity contribution in [2.75, 3.05) is 24.6 Å². The molecule has 1 saturated heterocycles. The zero-order chi connectivity index (χ0) is 14.9. The second-order valence-electron chi connectivity index (χ2n) is 5.80. The molecule has 1 amide bonds. The van der Waals surface area contributed by atoms with Crippen LogP contribution in [0.2, 0.25) is 0 Å². The van der Waals surface area contributed by atoms with Gasteiger partial charge in [0.1, 0.15) is 0 Å². The Labute approximate surface area is 125 Å². The van der Waals surface area contributed by atoms with Crippen LogP contribution in [0.5, 0.6) is 0 Å². The van der Waals surface area contributed by atoms with Crippen LogP contribution in [0.15, 0.2) is 24.3 Å². The molecule has 5 nitrogen and oxygen atoms in total. The molecule has 0 aromatic heterocycles. The molecule has 114 valence electrons. The number of benzene rings is 1. The molecule has 1 aromatic carbocycles. The van der Waals surface area contributed by atoms with Gasteiger partial charge >= 0.3 is 0 Å². The first-order valence-electron chi connectivity index (χ1n) is 7.34. The first-order valence-corrected chi connectivity index (χ1v) is 9.16. The van der Waals surface area contributed by atoms with E-state index in [1.165, 1.54) is 11.1 Å². The van der Waals surface area contributed by atoms with Crippen molar-refractivity contribution in [1.82, 2.24) is 10.6 Å². The first kappa shape index (κ1) is 14.5. The summed E-state index contributed by atoms with van der Waals surface area (Å²) in [6.45, 7) is 1.40. The summed E-state index contributed by atoms with van der Waals surface area (Å²) in [5.41, 5.74) is 2.54. The van der Waals surface area contributed by atoms with E-state index >= 15 is 0 Å². The Balaban J connectivity index is 1.60. The van der Waals surface area contributed by atoms with Gasteiger partial charge in [0.05, 0.1) is 17.4 Å². The highest BCUT2D eigenvalue weighted by Gasteiger charge is 2.33. The fourth-order valence-electron chi connectivity index (χ4n) is 3.12. The topological polar surface area (TPSA) is 75.3 Å². The minimum atomic E-state index is -3.01. The number of nitrogens with one attached hydrogen (secondary N) is 2. The van der Waals surface area contributed by atoms with Gasteiger partial charge in [-0.2, -0.15) is 0 Å². The van der Waals surface area contributed by atoms with Gasteiger partial charge < -0.3 is 10.6 Å². The number of hydrogen-bond acceptors (Lipinski definition) is 4. The van der Waals surface area contributed by atoms with E-state index in [1.54, 1.807) is 0 Å². The van der Waals surface area contributed by atoms with Gasteiger partial charge in [-0.05, 0) is 30.5 Å². The zero-order valence-corrected chi connectivity index (χ0v) is 12.7. The van der Waals surface area contributed by atoms with Crippen LogP contribution in [0, 0.1) is 5.92 Å². The number of carbonyl (C=O) groups is 1. The molecule has 2 atom stereocenters. The highest BCUT2D eigenvalue weighted by Crippen LogP contribution is 2.23. The van der Waals surface area contributed by atoms with E-state index in [9.17, 15) is 13.2 Å². The highest BCUT2D eigenvalue weighted by atomic mass is 32.2. The van der Waals surface area contributed by atoms with Gasteiger partial charge in [0.25, 0.3) is 0 Å². The van der Waals surface area contributed by atoms with E-state index in [2.05, 4.69) is 22.8 Å². The van der Waals surface area contributed by atoms with Crippen molar-refractivity contribution < 1.29 is 13.2 Å². The lowest BCUT2D eigenvalue weighted by atomic mass is 9.94. The van der Waals surface area contributed by atoms with Crippen molar-refractivity contribution >= 4 is 15.7 Å². The maximum atomic E-state index is 12.1. The molecule has 3 rings (SSSR count). The number of amides is 1. The average molecular weight is 308 g/mol. The first-order chi connectivity index (χ1) is 10.1. The van der Waals surface area contributed by atoms with Crippen molar-refractivity contribution in [3.05, 3.63) is 35.4 Å². The molecule has 0 spiro atoms. The van der Waals surface area contributed by atoms with E-state index in [0.717, 1.165) is 13.0 Å². The Kier molecular flexibility index (Phi) is 3.99. The second-order valence-corrected chi connectivity index (χ2v) is 8.03. The second kappa shape index (κ2) is 5.77. The van der Waals surface area contributed by atoms with Gasteiger partial charge in [-0.25, -0.2) is 8.42 Å². The van der Waals surface area contributed by atoms with Crippen LogP contribution in [0.4, 0.5) is 0 Å². The fraction of sp³-hybridized carbons (Fsp3) is 0.533. The van der Waals surface area contributed by atoms with Gasteiger partial charge in [-0.1, -0.05) is 24.3 Å². The van der Waals surface area contributed by atoms with Crippen LogP contribution in [-0.4, -0.2) is 38.9 Å². The lowest BCUT2D eigenvalue weighted by Gasteiger charge is -2.27. The summed E-state index contributed by atoms with van der Waals surface area (Å²) in [4.78, 5) is 12.1. The Morgan fingerprint density at radius 2 is 2.14 bits per heavy atom. The smallest absolute Gasteiger partial charge is 0.224 e. The summed E-state index contributed by atoms with van der Waals surface area (Å²) in [7, 11) is -3.01. The van der Waals surface area contributed by atoms with Crippen molar-refractivity contribution in [1.29, 1.82) is 0 Å². The third-order valence-corrected chi connectivity index (χ3v) is 6.07. The number of hydrogen-bond donors (Lipinski definition) is 2. The molecule has 0 saturated carbocycles. The highest BCUT2D eigenvalue weighted by molar-refractivity contribution is 7.91. The molecule has 2 N–H and O–H groups in total. The van der Waals surface area contributed by atoms with Gasteiger partial charge in [-0.3, -0.25) is 4.79 Å². The number of carbonyl (C=O) groups excluding carboxylic acids is 1. The van der Waals surface area contributed by atoms with E-state index in [4.69, 9.17) is 0 Å². The van der Waals surface area contributed by atoms with Gasteiger partial charge in [0.2, 0.25) is 5.91 Å². The molecule has 2 heterocycles. The summed E-state index contributed by atoms with van der Waals surface area (Å²) >= 11 is 0. The van der Waals surface area contributed by atoms with Crippen molar-refractivity contribution in [2.24, 2.45) is 5.92 Å². The molecule has 2 aliphatic heterocycles. The molecule has 0 aliphatic carbocycles. The van der Waals surface area contributed by atoms with E-state index in [0.29, 0.717) is 13.0 Å². The zero-order valence-electron chi connectivity index (χ0n) is 11.8. The summed E-state index contributed by atoms with van der Waals surface area (Å²) < 4.78 is 22.8. The summed E-state index contributed by atoms with van der Waals surface area (Å²) in [5, 5.41) is 6.31. The van der Waals surface area contributed by atoms with E-state index < -0.39 is 9.84 Å². The standard InChI is InChI=1S/C15H20N2O3S/c18-15(12-6-8-21(19,20)10-12)17-9-14-13-4-2-1-3-11(13)5-7-16-14/h1-4,12,14,16H,5-10H2,(H,17,18). The fourth-order valence-corrected chi connectivity index (χ4v) is 4.87.